The molecule has 28 heavy (non-hydrogen) atoms. The second-order valence-corrected chi connectivity index (χ2v) is 7.43. The van der Waals surface area contributed by atoms with Crippen LogP contribution in [0, 0.1) is 13.8 Å². The highest BCUT2D eigenvalue weighted by atomic mass is 16.6. The van der Waals surface area contributed by atoms with Crippen molar-refractivity contribution in [3.8, 4) is 0 Å². The number of H-pyrrole nitrogens is 1. The summed E-state index contributed by atoms with van der Waals surface area (Å²) < 4.78 is 5.43. The molecule has 0 saturated carbocycles. The van der Waals surface area contributed by atoms with E-state index < -0.39 is 6.09 Å². The number of carbonyl (C=O) groups is 2. The molecule has 2 aliphatic rings. The number of hydrogen-bond acceptors (Lipinski definition) is 4. The predicted molar refractivity (Wildman–Crippen MR) is 109 cm³/mol. The Balaban J connectivity index is 1.56. The van der Waals surface area contributed by atoms with E-state index in [-0.39, 0.29) is 5.91 Å². The summed E-state index contributed by atoms with van der Waals surface area (Å²) in [6.45, 7) is 7.06. The van der Waals surface area contributed by atoms with E-state index in [9.17, 15) is 9.59 Å². The monoisotopic (exact) mass is 379 g/mol. The number of benzene rings is 1. The number of aromatic amines is 1. The van der Waals surface area contributed by atoms with Gasteiger partial charge in [0.05, 0.1) is 11.3 Å². The number of para-hydroxylation sites is 1. The summed E-state index contributed by atoms with van der Waals surface area (Å²) in [5.74, 6) is -0.348. The van der Waals surface area contributed by atoms with Gasteiger partial charge in [-0.05, 0) is 63.6 Å². The molecular weight excluding hydrogens is 354 g/mol. The minimum Gasteiger partial charge on any atom is -0.447 e. The van der Waals surface area contributed by atoms with E-state index in [4.69, 9.17) is 4.74 Å². The van der Waals surface area contributed by atoms with E-state index in [2.05, 4.69) is 9.88 Å². The van der Waals surface area contributed by atoms with Gasteiger partial charge in [0.15, 0.2) is 0 Å². The van der Waals surface area contributed by atoms with Gasteiger partial charge in [0.25, 0.3) is 5.91 Å². The van der Waals surface area contributed by atoms with Crippen LogP contribution in [0.25, 0.3) is 11.6 Å². The number of carbonyl (C=O) groups excluding carboxylic acids is 2. The average molecular weight is 379 g/mol. The maximum Gasteiger partial charge on any atom is 0.421 e. The zero-order valence-electron chi connectivity index (χ0n) is 16.3. The Morgan fingerprint density at radius 2 is 1.96 bits per heavy atom. The van der Waals surface area contributed by atoms with Crippen molar-refractivity contribution in [3.05, 3.63) is 52.8 Å². The minimum atomic E-state index is -0.612. The average Bonchev–Trinajstić information content (AvgIpc) is 3.35. The molecule has 0 unspecified atom stereocenters. The van der Waals surface area contributed by atoms with Gasteiger partial charge in [0.2, 0.25) is 0 Å². The van der Waals surface area contributed by atoms with Crippen LogP contribution >= 0.6 is 0 Å². The summed E-state index contributed by atoms with van der Waals surface area (Å²) >= 11 is 0. The van der Waals surface area contributed by atoms with Crippen LogP contribution in [0.15, 0.2) is 30.3 Å². The standard InChI is InChI=1S/C22H25N3O3/c1-15-13-16(2)23-19(15)14-18-17-7-3-4-8-20(17)25(21(18)26)22(27)28-12-11-24-9-5-6-10-24/h3-4,7-8,13-14,23H,5-6,9-12H2,1-2H3/b18-14-. The highest BCUT2D eigenvalue weighted by Crippen LogP contribution is 2.38. The van der Waals surface area contributed by atoms with E-state index in [1.807, 2.05) is 44.2 Å². The Hall–Kier alpha value is -2.86. The second kappa shape index (κ2) is 7.64. The van der Waals surface area contributed by atoms with Gasteiger partial charge in [-0.3, -0.25) is 9.69 Å². The third-order valence-electron chi connectivity index (χ3n) is 5.36. The van der Waals surface area contributed by atoms with Gasteiger partial charge in [-0.1, -0.05) is 18.2 Å². The molecular formula is C22H25N3O3. The van der Waals surface area contributed by atoms with Crippen molar-refractivity contribution in [2.45, 2.75) is 26.7 Å². The van der Waals surface area contributed by atoms with E-state index in [0.717, 1.165) is 40.5 Å². The molecule has 0 aliphatic carbocycles. The van der Waals surface area contributed by atoms with Gasteiger partial charge in [-0.2, -0.15) is 0 Å². The summed E-state index contributed by atoms with van der Waals surface area (Å²) in [7, 11) is 0. The van der Waals surface area contributed by atoms with E-state index in [0.29, 0.717) is 24.4 Å². The number of hydrogen-bond donors (Lipinski definition) is 1. The maximum absolute atomic E-state index is 13.1. The highest BCUT2D eigenvalue weighted by Gasteiger charge is 2.37. The lowest BCUT2D eigenvalue weighted by Gasteiger charge is -2.17. The largest absolute Gasteiger partial charge is 0.447 e. The Morgan fingerprint density at radius 3 is 2.68 bits per heavy atom. The van der Waals surface area contributed by atoms with Crippen LogP contribution in [0.3, 0.4) is 0 Å². The molecule has 146 valence electrons. The van der Waals surface area contributed by atoms with E-state index in [1.165, 1.54) is 12.8 Å². The normalized spacial score (nSPS) is 18.1. The lowest BCUT2D eigenvalue weighted by atomic mass is 10.1. The molecule has 0 radical (unpaired) electrons. The first-order valence-corrected chi connectivity index (χ1v) is 9.75. The van der Waals surface area contributed by atoms with Crippen LogP contribution in [0.2, 0.25) is 0 Å². The molecule has 2 aromatic rings. The third-order valence-corrected chi connectivity index (χ3v) is 5.36. The van der Waals surface area contributed by atoms with Crippen LogP contribution in [0.4, 0.5) is 10.5 Å². The number of aryl methyl sites for hydroxylation is 2. The molecule has 0 atom stereocenters. The van der Waals surface area contributed by atoms with Gasteiger partial charge in [0.1, 0.15) is 6.61 Å². The molecule has 3 heterocycles. The molecule has 4 rings (SSSR count). The Kier molecular flexibility index (Phi) is 5.05. The molecule has 6 nitrogen and oxygen atoms in total. The molecule has 0 spiro atoms. The minimum absolute atomic E-state index is 0.290. The topological polar surface area (TPSA) is 65.6 Å². The molecule has 1 saturated heterocycles. The summed E-state index contributed by atoms with van der Waals surface area (Å²) in [6.07, 6.45) is 3.59. The second-order valence-electron chi connectivity index (χ2n) is 7.43. The van der Waals surface area contributed by atoms with Crippen molar-refractivity contribution in [1.82, 2.24) is 9.88 Å². The number of aromatic nitrogens is 1. The first-order chi connectivity index (χ1) is 13.5. The van der Waals surface area contributed by atoms with E-state index >= 15 is 0 Å². The molecule has 1 aromatic carbocycles. The number of fused-ring (bicyclic) bond motifs is 1. The number of imide groups is 1. The maximum atomic E-state index is 13.1. The summed E-state index contributed by atoms with van der Waals surface area (Å²) in [4.78, 5) is 32.5. The molecule has 2 amide bonds. The van der Waals surface area contributed by atoms with Crippen LogP contribution in [-0.2, 0) is 9.53 Å². The number of nitrogens with zero attached hydrogens (tertiary/aromatic N) is 2. The lowest BCUT2D eigenvalue weighted by molar-refractivity contribution is -0.112. The van der Waals surface area contributed by atoms with Crippen molar-refractivity contribution >= 4 is 29.3 Å². The molecule has 0 bridgehead atoms. The molecule has 1 fully saturated rings. The van der Waals surface area contributed by atoms with Crippen LogP contribution in [0.1, 0.15) is 35.4 Å². The number of nitrogens with one attached hydrogen (secondary N) is 1. The van der Waals surface area contributed by atoms with Gasteiger partial charge in [-0.15, -0.1) is 0 Å². The zero-order valence-corrected chi connectivity index (χ0v) is 16.3. The number of amides is 2. The van der Waals surface area contributed by atoms with Crippen molar-refractivity contribution in [3.63, 3.8) is 0 Å². The Bertz CT molecular complexity index is 938. The lowest BCUT2D eigenvalue weighted by Crippen LogP contribution is -2.35. The first-order valence-electron chi connectivity index (χ1n) is 9.75. The third kappa shape index (κ3) is 3.47. The van der Waals surface area contributed by atoms with Gasteiger partial charge >= 0.3 is 6.09 Å². The molecule has 1 N–H and O–H groups in total. The molecule has 6 heteroatoms. The zero-order chi connectivity index (χ0) is 19.7. The predicted octanol–water partition coefficient (Wildman–Crippen LogP) is 3.75. The summed E-state index contributed by atoms with van der Waals surface area (Å²) in [6, 6.07) is 9.37. The quantitative estimate of drug-likeness (QED) is 0.822. The Labute approximate surface area is 164 Å². The van der Waals surface area contributed by atoms with E-state index in [1.54, 1.807) is 6.07 Å². The van der Waals surface area contributed by atoms with Gasteiger partial charge < -0.3 is 9.72 Å². The fraction of sp³-hybridized carbons (Fsp3) is 0.364. The van der Waals surface area contributed by atoms with Crippen molar-refractivity contribution in [1.29, 1.82) is 0 Å². The van der Waals surface area contributed by atoms with Crippen molar-refractivity contribution in [2.75, 3.05) is 31.1 Å². The highest BCUT2D eigenvalue weighted by molar-refractivity contribution is 6.41. The molecule has 2 aliphatic heterocycles. The number of ether oxygens (including phenoxy) is 1. The summed E-state index contributed by atoms with van der Waals surface area (Å²) in [5, 5.41) is 0. The Morgan fingerprint density at radius 1 is 1.21 bits per heavy atom. The van der Waals surface area contributed by atoms with Crippen LogP contribution in [0.5, 0.6) is 0 Å². The van der Waals surface area contributed by atoms with Crippen LogP contribution < -0.4 is 4.90 Å². The van der Waals surface area contributed by atoms with Crippen molar-refractivity contribution in [2.24, 2.45) is 0 Å². The smallest absolute Gasteiger partial charge is 0.421 e. The number of anilines is 1. The first kappa shape index (κ1) is 18.5. The van der Waals surface area contributed by atoms with Gasteiger partial charge in [-0.25, -0.2) is 9.69 Å². The van der Waals surface area contributed by atoms with Crippen molar-refractivity contribution < 1.29 is 14.3 Å². The SMILES string of the molecule is Cc1cc(C)c(/C=C2\C(=O)N(C(=O)OCCN3CCCC3)c3ccccc32)[nH]1. The fourth-order valence-corrected chi connectivity index (χ4v) is 3.94. The summed E-state index contributed by atoms with van der Waals surface area (Å²) in [5.41, 5.74) is 4.78. The fourth-order valence-electron chi connectivity index (χ4n) is 3.94. The van der Waals surface area contributed by atoms with Gasteiger partial charge in [0, 0.05) is 23.5 Å². The van der Waals surface area contributed by atoms with Crippen LogP contribution in [-0.4, -0.2) is 48.1 Å². The molecule has 1 aromatic heterocycles. The number of likely N-dealkylation sites (tertiary alicyclic amines) is 1. The number of rotatable bonds is 4.